The molecule has 0 saturated heterocycles. The Morgan fingerprint density at radius 3 is 2.00 bits per heavy atom. The lowest BCUT2D eigenvalue weighted by atomic mass is 10.6. The number of hydrogen-bond acceptors (Lipinski definition) is 3. The highest BCUT2D eigenvalue weighted by molar-refractivity contribution is 5.20. The summed E-state index contributed by atoms with van der Waals surface area (Å²) in [5, 5.41) is 0. The smallest absolute Gasteiger partial charge is 0.208 e. The van der Waals surface area contributed by atoms with E-state index < -0.39 is 0 Å². The Morgan fingerprint density at radius 1 is 1.10 bits per heavy atom. The molecule has 1 rings (SSSR count). The third-order valence-electron chi connectivity index (χ3n) is 0.830. The van der Waals surface area contributed by atoms with Crippen molar-refractivity contribution in [1.82, 2.24) is 15.0 Å². The Morgan fingerprint density at radius 2 is 1.60 bits per heavy atom. The number of aromatic nitrogens is 3. The van der Waals surface area contributed by atoms with Gasteiger partial charge in [-0.15, -0.1) is 12.8 Å². The molecule has 0 amide bonds. The fourth-order valence-corrected chi connectivity index (χ4v) is 0.435. The Bertz CT molecular complexity index is 287. The highest BCUT2D eigenvalue weighted by Gasteiger charge is 1.91. The molecular weight excluding hydrogens is 126 g/mol. The molecule has 0 radical (unpaired) electrons. The number of nitrogens with zero attached hydrogens (tertiary/aromatic N) is 3. The molecule has 0 aliphatic heterocycles. The molecule has 0 saturated carbocycles. The molecule has 0 aliphatic rings. The van der Waals surface area contributed by atoms with Crippen molar-refractivity contribution in [3.63, 3.8) is 0 Å². The van der Waals surface area contributed by atoms with Crippen molar-refractivity contribution in [3.8, 4) is 24.7 Å². The van der Waals surface area contributed by atoms with Crippen LogP contribution in [0, 0.1) is 24.7 Å². The summed E-state index contributed by atoms with van der Waals surface area (Å²) in [5.41, 5.74) is 0. The molecule has 1 heterocycles. The van der Waals surface area contributed by atoms with E-state index in [4.69, 9.17) is 12.8 Å². The molecule has 0 aromatic carbocycles. The quantitative estimate of drug-likeness (QED) is 0.457. The van der Waals surface area contributed by atoms with Crippen molar-refractivity contribution in [2.24, 2.45) is 0 Å². The zero-order valence-electron chi connectivity index (χ0n) is 5.07. The van der Waals surface area contributed by atoms with Crippen LogP contribution in [-0.4, -0.2) is 15.0 Å². The van der Waals surface area contributed by atoms with Crippen molar-refractivity contribution < 1.29 is 0 Å². The molecule has 0 bridgehead atoms. The lowest BCUT2D eigenvalue weighted by Crippen LogP contribution is -1.94. The van der Waals surface area contributed by atoms with Crippen molar-refractivity contribution in [2.45, 2.75) is 0 Å². The summed E-state index contributed by atoms with van der Waals surface area (Å²) < 4.78 is 0. The van der Waals surface area contributed by atoms with E-state index in [0.29, 0.717) is 0 Å². The average Bonchev–Trinajstić information content (AvgIpc) is 2.05. The third kappa shape index (κ3) is 1.10. The Kier molecular flexibility index (Phi) is 1.63. The zero-order valence-corrected chi connectivity index (χ0v) is 5.07. The van der Waals surface area contributed by atoms with Crippen LogP contribution in [0.15, 0.2) is 6.33 Å². The number of terminal acetylenes is 2. The zero-order chi connectivity index (χ0) is 7.40. The predicted octanol–water partition coefficient (Wildman–Crippen LogP) is -0.166. The maximum Gasteiger partial charge on any atom is 0.208 e. The standard InChI is InChI=1S/C7H3N3/c1-3-6-8-5-9-7(4-2)10-6/h1-2,5H. The van der Waals surface area contributed by atoms with Crippen LogP contribution >= 0.6 is 0 Å². The molecule has 0 atom stereocenters. The van der Waals surface area contributed by atoms with Crippen LogP contribution in [0.4, 0.5) is 0 Å². The van der Waals surface area contributed by atoms with Crippen molar-refractivity contribution in [2.75, 3.05) is 0 Å². The summed E-state index contributed by atoms with van der Waals surface area (Å²) in [6, 6.07) is 0. The van der Waals surface area contributed by atoms with Gasteiger partial charge < -0.3 is 0 Å². The predicted molar refractivity (Wildman–Crippen MR) is 35.7 cm³/mol. The van der Waals surface area contributed by atoms with Gasteiger partial charge in [-0.1, -0.05) is 0 Å². The molecule has 10 heavy (non-hydrogen) atoms. The van der Waals surface area contributed by atoms with Crippen LogP contribution < -0.4 is 0 Å². The maximum atomic E-state index is 5.00. The van der Waals surface area contributed by atoms with E-state index in [1.54, 1.807) is 0 Å². The highest BCUT2D eigenvalue weighted by Crippen LogP contribution is 1.85. The summed E-state index contributed by atoms with van der Waals surface area (Å²) >= 11 is 0. The second kappa shape index (κ2) is 2.61. The van der Waals surface area contributed by atoms with Crippen LogP contribution in [0.25, 0.3) is 0 Å². The molecule has 46 valence electrons. The highest BCUT2D eigenvalue weighted by atomic mass is 15.0. The molecular formula is C7H3N3. The second-order valence-electron chi connectivity index (χ2n) is 1.42. The van der Waals surface area contributed by atoms with Gasteiger partial charge in [0.25, 0.3) is 0 Å². The first-order valence-corrected chi connectivity index (χ1v) is 2.49. The second-order valence-corrected chi connectivity index (χ2v) is 1.42. The molecule has 3 heteroatoms. The first kappa shape index (κ1) is 6.25. The summed E-state index contributed by atoms with van der Waals surface area (Å²) in [6.45, 7) is 0. The van der Waals surface area contributed by atoms with Gasteiger partial charge in [-0.2, -0.15) is 4.98 Å². The molecule has 1 aromatic heterocycles. The minimum absolute atomic E-state index is 0.267. The van der Waals surface area contributed by atoms with Gasteiger partial charge in [0.15, 0.2) is 0 Å². The average molecular weight is 129 g/mol. The van der Waals surface area contributed by atoms with Crippen molar-refractivity contribution in [3.05, 3.63) is 18.0 Å². The first-order valence-electron chi connectivity index (χ1n) is 2.49. The van der Waals surface area contributed by atoms with E-state index >= 15 is 0 Å². The Labute approximate surface area is 58.5 Å². The van der Waals surface area contributed by atoms with E-state index in [-0.39, 0.29) is 11.6 Å². The largest absolute Gasteiger partial charge is 0.209 e. The van der Waals surface area contributed by atoms with E-state index in [1.807, 2.05) is 0 Å². The van der Waals surface area contributed by atoms with Gasteiger partial charge in [0, 0.05) is 0 Å². The topological polar surface area (TPSA) is 38.7 Å². The minimum Gasteiger partial charge on any atom is -0.209 e. The molecule has 1 aromatic rings. The minimum atomic E-state index is 0.267. The summed E-state index contributed by atoms with van der Waals surface area (Å²) in [6.07, 6.45) is 11.3. The first-order chi connectivity index (χ1) is 4.86. The van der Waals surface area contributed by atoms with Crippen LogP contribution in [0.1, 0.15) is 11.6 Å². The lowest BCUT2D eigenvalue weighted by molar-refractivity contribution is 0.999. The van der Waals surface area contributed by atoms with Gasteiger partial charge >= 0.3 is 0 Å². The summed E-state index contributed by atoms with van der Waals surface area (Å²) in [7, 11) is 0. The van der Waals surface area contributed by atoms with E-state index in [2.05, 4.69) is 26.8 Å². The van der Waals surface area contributed by atoms with Crippen LogP contribution in [-0.2, 0) is 0 Å². The fourth-order valence-electron chi connectivity index (χ4n) is 0.435. The number of rotatable bonds is 0. The van der Waals surface area contributed by atoms with Gasteiger partial charge in [0.1, 0.15) is 6.33 Å². The molecule has 0 unspecified atom stereocenters. The molecule has 3 nitrogen and oxygen atoms in total. The summed E-state index contributed by atoms with van der Waals surface area (Å²) in [4.78, 5) is 11.0. The van der Waals surface area contributed by atoms with Crippen LogP contribution in [0.5, 0.6) is 0 Å². The molecule has 0 aliphatic carbocycles. The molecule has 0 N–H and O–H groups in total. The van der Waals surface area contributed by atoms with Crippen LogP contribution in [0.2, 0.25) is 0 Å². The number of hydrogen-bond donors (Lipinski definition) is 0. The van der Waals surface area contributed by atoms with Crippen molar-refractivity contribution >= 4 is 0 Å². The fraction of sp³-hybridized carbons (Fsp3) is 0. The monoisotopic (exact) mass is 129 g/mol. The van der Waals surface area contributed by atoms with Gasteiger partial charge in [0.2, 0.25) is 11.6 Å². The van der Waals surface area contributed by atoms with Gasteiger partial charge in [-0.25, -0.2) is 9.97 Å². The molecule has 0 fully saturated rings. The van der Waals surface area contributed by atoms with E-state index in [9.17, 15) is 0 Å². The van der Waals surface area contributed by atoms with Gasteiger partial charge in [-0.05, 0) is 11.8 Å². The lowest BCUT2D eigenvalue weighted by Gasteiger charge is -1.87. The SMILES string of the molecule is C#Cc1ncnc(C#C)n1. The van der Waals surface area contributed by atoms with Gasteiger partial charge in [-0.3, -0.25) is 0 Å². The maximum absolute atomic E-state index is 5.00. The van der Waals surface area contributed by atoms with Crippen molar-refractivity contribution in [1.29, 1.82) is 0 Å². The third-order valence-corrected chi connectivity index (χ3v) is 0.830. The Hall–Kier alpha value is -1.87. The summed E-state index contributed by atoms with van der Waals surface area (Å²) in [5.74, 6) is 5.02. The van der Waals surface area contributed by atoms with E-state index in [0.717, 1.165) is 0 Å². The molecule has 0 spiro atoms. The van der Waals surface area contributed by atoms with Crippen LogP contribution in [0.3, 0.4) is 0 Å². The Balaban J connectivity index is 3.17. The van der Waals surface area contributed by atoms with E-state index in [1.165, 1.54) is 6.33 Å². The van der Waals surface area contributed by atoms with Gasteiger partial charge in [0.05, 0.1) is 0 Å². The normalized spacial score (nSPS) is 7.80.